The number of hydrogen-bond acceptors (Lipinski definition) is 3. The van der Waals surface area contributed by atoms with Crippen LogP contribution in [0.3, 0.4) is 0 Å². The molecule has 0 aromatic heterocycles. The van der Waals surface area contributed by atoms with Crippen molar-refractivity contribution in [2.45, 2.75) is 5.88 Å². The fraction of sp³-hybridized carbons (Fsp3) is 0.0769. The number of hydrogen-bond donors (Lipinski definition) is 0. The van der Waals surface area contributed by atoms with E-state index in [4.69, 9.17) is 16.3 Å². The van der Waals surface area contributed by atoms with E-state index in [1.807, 2.05) is 12.1 Å². The smallest absolute Gasteiger partial charge is 0.287 e. The van der Waals surface area contributed by atoms with Crippen LogP contribution in [0.2, 0.25) is 0 Å². The van der Waals surface area contributed by atoms with E-state index in [0.29, 0.717) is 16.0 Å². The van der Waals surface area contributed by atoms with Crippen molar-refractivity contribution in [3.8, 4) is 11.5 Å². The lowest BCUT2D eigenvalue weighted by Gasteiger charge is -2.11. The molecule has 0 saturated carbocycles. The summed E-state index contributed by atoms with van der Waals surface area (Å²) in [5.41, 5.74) is 0.748. The van der Waals surface area contributed by atoms with Crippen molar-refractivity contribution in [3.63, 3.8) is 0 Å². The second-order valence-electron chi connectivity index (χ2n) is 3.83. The summed E-state index contributed by atoms with van der Waals surface area (Å²) in [5.74, 6) is 1.20. The lowest BCUT2D eigenvalue weighted by atomic mass is 10.2. The van der Waals surface area contributed by atoms with E-state index in [2.05, 4.69) is 31.9 Å². The highest BCUT2D eigenvalue weighted by Crippen LogP contribution is 2.38. The molecular formula is C13H8Br2ClNO3. The Balaban J connectivity index is 2.42. The minimum atomic E-state index is -0.472. The van der Waals surface area contributed by atoms with Crippen molar-refractivity contribution in [2.75, 3.05) is 0 Å². The van der Waals surface area contributed by atoms with Crippen molar-refractivity contribution in [1.82, 2.24) is 0 Å². The summed E-state index contributed by atoms with van der Waals surface area (Å²) in [6.45, 7) is 0. The maximum Gasteiger partial charge on any atom is 0.287 e. The SMILES string of the molecule is O=[N+]([O-])c1cccc(Oc2cc(Br)ccc2CCl)c1Br. The minimum Gasteiger partial charge on any atom is -0.456 e. The number of halogens is 3. The monoisotopic (exact) mass is 419 g/mol. The molecule has 0 atom stereocenters. The molecule has 0 aliphatic rings. The molecule has 2 aromatic carbocycles. The normalized spacial score (nSPS) is 10.3. The van der Waals surface area contributed by atoms with Crippen molar-refractivity contribution in [1.29, 1.82) is 0 Å². The Hall–Kier alpha value is -1.11. The van der Waals surface area contributed by atoms with Gasteiger partial charge in [0.15, 0.2) is 0 Å². The number of benzene rings is 2. The maximum atomic E-state index is 10.9. The first kappa shape index (κ1) is 15.3. The molecule has 2 aromatic rings. The molecule has 4 nitrogen and oxygen atoms in total. The Morgan fingerprint density at radius 3 is 2.60 bits per heavy atom. The number of rotatable bonds is 4. The van der Waals surface area contributed by atoms with Crippen molar-refractivity contribution >= 4 is 49.1 Å². The minimum absolute atomic E-state index is 0.0510. The van der Waals surface area contributed by atoms with Gasteiger partial charge in [-0.3, -0.25) is 10.1 Å². The van der Waals surface area contributed by atoms with Gasteiger partial charge in [0, 0.05) is 16.1 Å². The molecule has 0 spiro atoms. The highest BCUT2D eigenvalue weighted by Gasteiger charge is 2.17. The topological polar surface area (TPSA) is 52.4 Å². The van der Waals surface area contributed by atoms with E-state index in [-0.39, 0.29) is 11.6 Å². The highest BCUT2D eigenvalue weighted by molar-refractivity contribution is 9.11. The molecule has 20 heavy (non-hydrogen) atoms. The van der Waals surface area contributed by atoms with Crippen LogP contribution in [-0.4, -0.2) is 4.92 Å². The molecule has 0 unspecified atom stereocenters. The van der Waals surface area contributed by atoms with E-state index >= 15 is 0 Å². The fourth-order valence-electron chi connectivity index (χ4n) is 1.57. The molecule has 104 valence electrons. The van der Waals surface area contributed by atoms with Gasteiger partial charge in [0.2, 0.25) is 0 Å². The lowest BCUT2D eigenvalue weighted by Crippen LogP contribution is -1.94. The fourth-order valence-corrected chi connectivity index (χ4v) is 2.62. The summed E-state index contributed by atoms with van der Waals surface area (Å²) in [6, 6.07) is 10.1. The summed E-state index contributed by atoms with van der Waals surface area (Å²) in [6.07, 6.45) is 0. The molecule has 0 N–H and O–H groups in total. The first-order valence-corrected chi connectivity index (χ1v) is 7.60. The van der Waals surface area contributed by atoms with E-state index < -0.39 is 4.92 Å². The van der Waals surface area contributed by atoms with Crippen LogP contribution < -0.4 is 4.74 Å². The zero-order valence-electron chi connectivity index (χ0n) is 9.98. The molecule has 0 saturated heterocycles. The van der Waals surface area contributed by atoms with Crippen LogP contribution in [-0.2, 0) is 5.88 Å². The van der Waals surface area contributed by atoms with Gasteiger partial charge in [0.1, 0.15) is 16.0 Å². The molecule has 0 fully saturated rings. The molecule has 2 rings (SSSR count). The average molecular weight is 421 g/mol. The zero-order valence-corrected chi connectivity index (χ0v) is 13.9. The van der Waals surface area contributed by atoms with Gasteiger partial charge >= 0.3 is 0 Å². The third-order valence-corrected chi connectivity index (χ3v) is 4.11. The molecule has 0 bridgehead atoms. The van der Waals surface area contributed by atoms with Crippen molar-refractivity contribution < 1.29 is 9.66 Å². The molecule has 7 heteroatoms. The first-order valence-electron chi connectivity index (χ1n) is 5.48. The van der Waals surface area contributed by atoms with Gasteiger partial charge in [0.05, 0.1) is 10.8 Å². The van der Waals surface area contributed by atoms with Crippen LogP contribution in [0, 0.1) is 10.1 Å². The molecule has 0 aliphatic carbocycles. The van der Waals surface area contributed by atoms with Crippen LogP contribution in [0.5, 0.6) is 11.5 Å². The standard InChI is InChI=1S/C13H8Br2ClNO3/c14-9-5-4-8(7-16)12(6-9)20-11-3-1-2-10(13(11)15)17(18)19/h1-6H,7H2. The summed E-state index contributed by atoms with van der Waals surface area (Å²) in [7, 11) is 0. The summed E-state index contributed by atoms with van der Waals surface area (Å²) >= 11 is 12.4. The molecule has 0 amide bonds. The Kier molecular flexibility index (Phi) is 5.01. The lowest BCUT2D eigenvalue weighted by molar-refractivity contribution is -0.385. The molecule has 0 radical (unpaired) electrons. The quantitative estimate of drug-likeness (QED) is 0.364. The van der Waals surface area contributed by atoms with Gasteiger partial charge in [0.25, 0.3) is 5.69 Å². The van der Waals surface area contributed by atoms with E-state index in [0.717, 1.165) is 10.0 Å². The van der Waals surface area contributed by atoms with E-state index in [1.54, 1.807) is 18.2 Å². The zero-order chi connectivity index (χ0) is 14.7. The van der Waals surface area contributed by atoms with Gasteiger partial charge in [-0.1, -0.05) is 28.1 Å². The Morgan fingerprint density at radius 1 is 1.20 bits per heavy atom. The van der Waals surface area contributed by atoms with Crippen LogP contribution in [0.15, 0.2) is 45.3 Å². The van der Waals surface area contributed by atoms with Crippen LogP contribution >= 0.6 is 43.5 Å². The summed E-state index contributed by atoms with van der Waals surface area (Å²) in [5, 5.41) is 10.9. The Bertz CT molecular complexity index is 664. The van der Waals surface area contributed by atoms with Crippen molar-refractivity contribution in [3.05, 3.63) is 61.0 Å². The average Bonchev–Trinajstić information content (AvgIpc) is 2.41. The van der Waals surface area contributed by atoms with Gasteiger partial charge in [-0.05, 0) is 34.1 Å². The second-order valence-corrected chi connectivity index (χ2v) is 5.81. The van der Waals surface area contributed by atoms with Gasteiger partial charge < -0.3 is 4.74 Å². The van der Waals surface area contributed by atoms with Gasteiger partial charge in [-0.15, -0.1) is 11.6 Å². The van der Waals surface area contributed by atoms with Crippen LogP contribution in [0.25, 0.3) is 0 Å². The summed E-state index contributed by atoms with van der Waals surface area (Å²) in [4.78, 5) is 10.4. The van der Waals surface area contributed by atoms with Crippen LogP contribution in [0.1, 0.15) is 5.56 Å². The number of nitrogens with zero attached hydrogens (tertiary/aromatic N) is 1. The molecular weight excluding hydrogens is 413 g/mol. The van der Waals surface area contributed by atoms with Gasteiger partial charge in [-0.2, -0.15) is 0 Å². The number of nitro groups is 1. The summed E-state index contributed by atoms with van der Waals surface area (Å²) < 4.78 is 6.87. The van der Waals surface area contributed by atoms with E-state index in [1.165, 1.54) is 6.07 Å². The predicted octanol–water partition coefficient (Wildman–Crippen LogP) is 5.65. The van der Waals surface area contributed by atoms with Crippen molar-refractivity contribution in [2.24, 2.45) is 0 Å². The van der Waals surface area contributed by atoms with Crippen LogP contribution in [0.4, 0.5) is 5.69 Å². The molecule has 0 heterocycles. The van der Waals surface area contributed by atoms with Gasteiger partial charge in [-0.25, -0.2) is 0 Å². The highest BCUT2D eigenvalue weighted by atomic mass is 79.9. The third-order valence-electron chi connectivity index (χ3n) is 2.53. The number of nitro benzene ring substituents is 1. The first-order chi connectivity index (χ1) is 9.52. The predicted molar refractivity (Wildman–Crippen MR) is 84.6 cm³/mol. The number of ether oxygens (including phenoxy) is 1. The largest absolute Gasteiger partial charge is 0.456 e. The molecule has 0 aliphatic heterocycles. The third kappa shape index (κ3) is 3.31. The Labute approximate surface area is 137 Å². The Morgan fingerprint density at radius 2 is 1.95 bits per heavy atom. The maximum absolute atomic E-state index is 10.9. The number of alkyl halides is 1. The second kappa shape index (κ2) is 6.56. The van der Waals surface area contributed by atoms with E-state index in [9.17, 15) is 10.1 Å².